The first-order valence-corrected chi connectivity index (χ1v) is 1.58. The first-order chi connectivity index (χ1) is 3.55. The number of aliphatic hydroxyl groups is 2. The largest absolute Gasteiger partial charge is 0.863 e. The Morgan fingerprint density at radius 3 is 1.56 bits per heavy atom. The number of aliphatic carboxylic acids is 1. The van der Waals surface area contributed by atoms with Gasteiger partial charge in [0.2, 0.25) is 0 Å². The third-order valence-corrected chi connectivity index (χ3v) is 0.397. The van der Waals surface area contributed by atoms with Crippen molar-refractivity contribution >= 4 is 5.97 Å². The summed E-state index contributed by atoms with van der Waals surface area (Å²) in [6.45, 7) is 0. The quantitative estimate of drug-likeness (QED) is 0.369. The van der Waals surface area contributed by atoms with Crippen LogP contribution in [0.4, 0.5) is 0 Å². The van der Waals surface area contributed by atoms with E-state index < -0.39 is 17.7 Å². The Labute approximate surface area is 69.4 Å². The van der Waals surface area contributed by atoms with E-state index in [1.807, 2.05) is 0 Å². The molecule has 0 atom stereocenters. The summed E-state index contributed by atoms with van der Waals surface area (Å²) >= 11 is 0. The van der Waals surface area contributed by atoms with Gasteiger partial charge in [0.25, 0.3) is 5.95 Å². The topological polar surface area (TPSA) is 101 Å². The summed E-state index contributed by atoms with van der Waals surface area (Å²) < 4.78 is 0. The molecule has 0 unspecified atom stereocenters. The molecule has 0 saturated heterocycles. The zero-order chi connectivity index (χ0) is 6.73. The number of hydrogen-bond donors (Lipinski definition) is 3. The van der Waals surface area contributed by atoms with Crippen LogP contribution in [0.15, 0.2) is 11.7 Å². The second-order valence-electron chi connectivity index (χ2n) is 0.958. The molecule has 9 heavy (non-hydrogen) atoms. The van der Waals surface area contributed by atoms with Crippen LogP contribution in [-0.4, -0.2) is 21.3 Å². The predicted octanol–water partition coefficient (Wildman–Crippen LogP) is -1.29. The van der Waals surface area contributed by atoms with Gasteiger partial charge >= 0.3 is 5.97 Å². The van der Waals surface area contributed by atoms with Crippen molar-refractivity contribution in [2.45, 2.75) is 0 Å². The minimum Gasteiger partial charge on any atom is -0.863 e. The van der Waals surface area contributed by atoms with Crippen LogP contribution in [0.3, 0.4) is 0 Å². The summed E-state index contributed by atoms with van der Waals surface area (Å²) in [5, 5.41) is 32.8. The zero-order valence-electron chi connectivity index (χ0n) is 4.16. The molecular weight excluding hydrogens is 207 g/mol. The molecule has 0 aromatic carbocycles. The van der Waals surface area contributed by atoms with E-state index in [2.05, 4.69) is 0 Å². The fourth-order valence-corrected chi connectivity index (χ4v) is 0.0956. The third kappa shape index (κ3) is 4.03. The second-order valence-corrected chi connectivity index (χ2v) is 0.958. The second kappa shape index (κ2) is 4.38. The van der Waals surface area contributed by atoms with Gasteiger partial charge in [0.05, 0.1) is 5.76 Å². The van der Waals surface area contributed by atoms with Crippen LogP contribution < -0.4 is 5.11 Å². The Hall–Kier alpha value is -0.507. The van der Waals surface area contributed by atoms with E-state index in [-0.39, 0.29) is 26.2 Å². The van der Waals surface area contributed by atoms with Crippen LogP contribution in [0, 0.1) is 0 Å². The van der Waals surface area contributed by atoms with Gasteiger partial charge in [-0.3, -0.25) is 0 Å². The summed E-state index contributed by atoms with van der Waals surface area (Å²) in [4.78, 5) is 9.45. The van der Waals surface area contributed by atoms with E-state index in [1.54, 1.807) is 0 Å². The van der Waals surface area contributed by atoms with Crippen molar-refractivity contribution in [3.8, 4) is 0 Å². The van der Waals surface area contributed by atoms with E-state index in [9.17, 15) is 9.90 Å². The molecule has 5 nitrogen and oxygen atoms in total. The SMILES string of the molecule is O=C(O)C([O-])=C(O)O.[Zr]. The molecule has 0 aromatic rings. The summed E-state index contributed by atoms with van der Waals surface area (Å²) in [5.41, 5.74) is 0. The number of rotatable bonds is 1. The first-order valence-electron chi connectivity index (χ1n) is 1.58. The van der Waals surface area contributed by atoms with Gasteiger partial charge < -0.3 is 20.4 Å². The molecule has 0 bridgehead atoms. The van der Waals surface area contributed by atoms with Gasteiger partial charge in [0.1, 0.15) is 0 Å². The zero-order valence-corrected chi connectivity index (χ0v) is 6.62. The van der Waals surface area contributed by atoms with Crippen molar-refractivity contribution in [3.63, 3.8) is 0 Å². The molecule has 0 aliphatic carbocycles. The smallest absolute Gasteiger partial charge is 0.327 e. The minimum atomic E-state index is -1.88. The molecule has 0 fully saturated rings. The van der Waals surface area contributed by atoms with Gasteiger partial charge in [-0.25, -0.2) is 4.79 Å². The monoisotopic (exact) mass is 209 g/mol. The normalized spacial score (nSPS) is 7.11. The van der Waals surface area contributed by atoms with Crippen molar-refractivity contribution in [3.05, 3.63) is 11.7 Å². The molecule has 0 rings (SSSR count). The molecule has 6 heteroatoms. The van der Waals surface area contributed by atoms with Crippen LogP contribution in [0.5, 0.6) is 0 Å². The van der Waals surface area contributed by atoms with Crippen molar-refractivity contribution in [2.75, 3.05) is 0 Å². The summed E-state index contributed by atoms with van der Waals surface area (Å²) in [7, 11) is 0. The van der Waals surface area contributed by atoms with Gasteiger partial charge in [-0.05, 0) is 0 Å². The fourth-order valence-electron chi connectivity index (χ4n) is 0.0956. The summed E-state index contributed by atoms with van der Waals surface area (Å²) in [6.07, 6.45) is 0. The van der Waals surface area contributed by atoms with E-state index >= 15 is 0 Å². The van der Waals surface area contributed by atoms with Gasteiger partial charge in [-0.2, -0.15) is 0 Å². The number of carboxylic acid groups (broad SMARTS) is 1. The maximum absolute atomic E-state index is 9.71. The third-order valence-electron chi connectivity index (χ3n) is 0.397. The molecule has 0 aliphatic heterocycles. The molecule has 0 heterocycles. The van der Waals surface area contributed by atoms with Gasteiger partial charge in [0, 0.05) is 26.2 Å². The molecule has 0 saturated carbocycles. The Bertz CT molecular complexity index is 135. The first kappa shape index (κ1) is 11.3. The maximum atomic E-state index is 9.71. The van der Waals surface area contributed by atoms with Crippen molar-refractivity contribution in [2.24, 2.45) is 0 Å². The molecule has 0 radical (unpaired) electrons. The fraction of sp³-hybridized carbons (Fsp3) is 0. The Balaban J connectivity index is 0. The summed E-state index contributed by atoms with van der Waals surface area (Å²) in [6, 6.07) is 0. The van der Waals surface area contributed by atoms with Crippen LogP contribution in [0.2, 0.25) is 0 Å². The Morgan fingerprint density at radius 1 is 1.22 bits per heavy atom. The number of hydrogen-bond acceptors (Lipinski definition) is 4. The van der Waals surface area contributed by atoms with Crippen molar-refractivity contribution in [1.29, 1.82) is 0 Å². The van der Waals surface area contributed by atoms with Crippen molar-refractivity contribution in [1.82, 2.24) is 0 Å². The van der Waals surface area contributed by atoms with Crippen LogP contribution >= 0.6 is 0 Å². The van der Waals surface area contributed by atoms with E-state index in [4.69, 9.17) is 15.3 Å². The van der Waals surface area contributed by atoms with E-state index in [0.717, 1.165) is 0 Å². The number of carboxylic acids is 1. The molecule has 0 amide bonds. The molecule has 3 N–H and O–H groups in total. The van der Waals surface area contributed by atoms with Crippen LogP contribution in [0.1, 0.15) is 0 Å². The number of aliphatic hydroxyl groups excluding tert-OH is 1. The average Bonchev–Trinajstić information content (AvgIpc) is 1.64. The van der Waals surface area contributed by atoms with E-state index in [1.165, 1.54) is 0 Å². The van der Waals surface area contributed by atoms with Gasteiger partial charge in [-0.1, -0.05) is 0 Å². The Morgan fingerprint density at radius 2 is 1.56 bits per heavy atom. The number of carbonyl (C=O) groups is 1. The predicted molar refractivity (Wildman–Crippen MR) is 19.9 cm³/mol. The van der Waals surface area contributed by atoms with E-state index in [0.29, 0.717) is 0 Å². The van der Waals surface area contributed by atoms with Gasteiger partial charge in [-0.15, -0.1) is 0 Å². The molecule has 0 spiro atoms. The molecular formula is C3H3O5Zr-. The minimum absolute atomic E-state index is 0. The van der Waals surface area contributed by atoms with Crippen molar-refractivity contribution < 1.29 is 51.4 Å². The Kier molecular flexibility index (Phi) is 5.50. The van der Waals surface area contributed by atoms with Gasteiger partial charge in [0.15, 0.2) is 0 Å². The standard InChI is InChI=1S/C3H4O5.Zr/c4-1(2(5)6)3(7)8;/h4-6H,(H,7,8);/p-1. The summed E-state index contributed by atoms with van der Waals surface area (Å²) in [5.74, 6) is -5.28. The average molecular weight is 210 g/mol. The molecule has 50 valence electrons. The van der Waals surface area contributed by atoms with Crippen LogP contribution in [0.25, 0.3) is 0 Å². The van der Waals surface area contributed by atoms with Crippen LogP contribution in [-0.2, 0) is 31.0 Å². The molecule has 0 aromatic heterocycles. The molecule has 0 aliphatic rings. The maximum Gasteiger partial charge on any atom is 0.327 e.